The molecule has 0 saturated carbocycles. The fourth-order valence-electron chi connectivity index (χ4n) is 3.13. The van der Waals surface area contributed by atoms with Crippen LogP contribution in [0.15, 0.2) is 46.6 Å². The molecule has 2 aromatic rings. The van der Waals surface area contributed by atoms with Crippen LogP contribution in [0, 0.1) is 0 Å². The monoisotopic (exact) mass is 364 g/mol. The van der Waals surface area contributed by atoms with Crippen molar-refractivity contribution in [3.8, 4) is 23.0 Å². The van der Waals surface area contributed by atoms with Gasteiger partial charge in [-0.1, -0.05) is 12.1 Å². The Bertz CT molecular complexity index is 976. The Labute approximate surface area is 157 Å². The van der Waals surface area contributed by atoms with Crippen molar-refractivity contribution in [2.24, 2.45) is 10.2 Å². The Morgan fingerprint density at radius 2 is 1.70 bits per heavy atom. The van der Waals surface area contributed by atoms with Crippen LogP contribution in [0.25, 0.3) is 6.08 Å². The van der Waals surface area contributed by atoms with Crippen LogP contribution in [0.2, 0.25) is 0 Å². The summed E-state index contributed by atoms with van der Waals surface area (Å²) < 4.78 is 21.7. The fourth-order valence-corrected chi connectivity index (χ4v) is 3.13. The molecule has 138 valence electrons. The largest absolute Gasteiger partial charge is 0.493 e. The average Bonchev–Trinajstić information content (AvgIpc) is 3.08. The Hall–Kier alpha value is -3.28. The summed E-state index contributed by atoms with van der Waals surface area (Å²) in [5, 5.41) is 8.75. The summed E-state index contributed by atoms with van der Waals surface area (Å²) in [6.45, 7) is 2.22. The molecule has 0 bridgehead atoms. The van der Waals surface area contributed by atoms with Crippen LogP contribution >= 0.6 is 0 Å². The van der Waals surface area contributed by atoms with Crippen molar-refractivity contribution < 1.29 is 18.9 Å². The van der Waals surface area contributed by atoms with E-state index >= 15 is 0 Å². The lowest BCUT2D eigenvalue weighted by Gasteiger charge is -2.09. The van der Waals surface area contributed by atoms with Gasteiger partial charge in [-0.3, -0.25) is 0 Å². The van der Waals surface area contributed by atoms with Gasteiger partial charge in [0.15, 0.2) is 23.0 Å². The van der Waals surface area contributed by atoms with Crippen LogP contribution in [0.4, 0.5) is 0 Å². The Morgan fingerprint density at radius 3 is 2.48 bits per heavy atom. The third-order valence-electron chi connectivity index (χ3n) is 4.49. The van der Waals surface area contributed by atoms with E-state index in [1.807, 2.05) is 49.4 Å². The van der Waals surface area contributed by atoms with Crippen molar-refractivity contribution in [2.45, 2.75) is 13.3 Å². The first-order valence-electron chi connectivity index (χ1n) is 8.62. The van der Waals surface area contributed by atoms with Crippen molar-refractivity contribution in [3.63, 3.8) is 0 Å². The van der Waals surface area contributed by atoms with E-state index in [0.29, 0.717) is 11.5 Å². The van der Waals surface area contributed by atoms with Crippen molar-refractivity contribution in [2.75, 3.05) is 21.0 Å². The van der Waals surface area contributed by atoms with Gasteiger partial charge >= 0.3 is 0 Å². The highest BCUT2D eigenvalue weighted by molar-refractivity contribution is 6.13. The lowest BCUT2D eigenvalue weighted by Crippen LogP contribution is -2.03. The molecule has 2 aliphatic heterocycles. The predicted molar refractivity (Wildman–Crippen MR) is 104 cm³/mol. The van der Waals surface area contributed by atoms with Crippen LogP contribution in [0.3, 0.4) is 0 Å². The predicted octanol–water partition coefficient (Wildman–Crippen LogP) is 3.87. The molecule has 0 fully saturated rings. The van der Waals surface area contributed by atoms with Gasteiger partial charge < -0.3 is 18.9 Å². The number of nitrogens with zero attached hydrogens (tertiary/aromatic N) is 2. The number of methoxy groups -OCH3 is 2. The molecule has 6 heteroatoms. The summed E-state index contributed by atoms with van der Waals surface area (Å²) in [4.78, 5) is 0. The first kappa shape index (κ1) is 17.1. The molecule has 6 nitrogen and oxygen atoms in total. The molecule has 0 radical (unpaired) electrons. The van der Waals surface area contributed by atoms with Gasteiger partial charge in [-0.25, -0.2) is 0 Å². The van der Waals surface area contributed by atoms with Gasteiger partial charge in [0.2, 0.25) is 6.79 Å². The number of ether oxygens (including phenoxy) is 4. The maximum atomic E-state index is 5.53. The quantitative estimate of drug-likeness (QED) is 0.826. The van der Waals surface area contributed by atoms with E-state index < -0.39 is 0 Å². The van der Waals surface area contributed by atoms with Crippen LogP contribution in [0.1, 0.15) is 23.6 Å². The van der Waals surface area contributed by atoms with Crippen molar-refractivity contribution >= 4 is 17.5 Å². The standard InChI is InChI=1S/C21H20N2O4/c1-13-8-15-10-20-21(27-12-26-20)11-16(15)17(23-22-13)6-4-14-5-7-18(24-2)19(9-14)25-3/h4-7,9-11H,8,12H2,1-3H3/b6-4+. The summed E-state index contributed by atoms with van der Waals surface area (Å²) in [7, 11) is 3.24. The number of benzene rings is 2. The molecule has 4 rings (SSSR count). The molecule has 0 atom stereocenters. The first-order chi connectivity index (χ1) is 13.2. The molecule has 0 N–H and O–H groups in total. The molecule has 0 saturated heterocycles. The molecule has 27 heavy (non-hydrogen) atoms. The number of fused-ring (bicyclic) bond motifs is 2. The fraction of sp³-hybridized carbons (Fsp3) is 0.238. The number of allylic oxidation sites excluding steroid dienone is 1. The second-order valence-corrected chi connectivity index (χ2v) is 6.31. The topological polar surface area (TPSA) is 61.6 Å². The Balaban J connectivity index is 1.71. The first-order valence-corrected chi connectivity index (χ1v) is 8.62. The maximum Gasteiger partial charge on any atom is 0.231 e. The summed E-state index contributed by atoms with van der Waals surface area (Å²) in [5.74, 6) is 2.88. The van der Waals surface area contributed by atoms with Crippen LogP contribution in [-0.4, -0.2) is 32.4 Å². The van der Waals surface area contributed by atoms with Gasteiger partial charge in [0.1, 0.15) is 0 Å². The van der Waals surface area contributed by atoms with Crippen molar-refractivity contribution in [1.82, 2.24) is 0 Å². The third-order valence-corrected chi connectivity index (χ3v) is 4.49. The van der Waals surface area contributed by atoms with Gasteiger partial charge in [0.05, 0.1) is 19.9 Å². The molecule has 2 heterocycles. The molecule has 2 aromatic carbocycles. The molecule has 0 amide bonds. The summed E-state index contributed by atoms with van der Waals surface area (Å²) in [6, 6.07) is 9.75. The SMILES string of the molecule is COc1ccc(/C=C/C2=NN=C(C)Cc3cc4c(cc32)OCO4)cc1OC. The molecule has 0 spiro atoms. The number of hydrogen-bond donors (Lipinski definition) is 0. The molecule has 0 aliphatic carbocycles. The minimum atomic E-state index is 0.249. The van der Waals surface area contributed by atoms with Gasteiger partial charge in [0.25, 0.3) is 0 Å². The smallest absolute Gasteiger partial charge is 0.231 e. The van der Waals surface area contributed by atoms with Crippen LogP contribution in [0.5, 0.6) is 23.0 Å². The van der Waals surface area contributed by atoms with Gasteiger partial charge in [-0.2, -0.15) is 10.2 Å². The highest BCUT2D eigenvalue weighted by Crippen LogP contribution is 2.36. The minimum Gasteiger partial charge on any atom is -0.493 e. The van der Waals surface area contributed by atoms with E-state index in [4.69, 9.17) is 18.9 Å². The van der Waals surface area contributed by atoms with E-state index in [2.05, 4.69) is 10.2 Å². The summed E-state index contributed by atoms with van der Waals surface area (Å²) in [5.41, 5.74) is 4.81. The Kier molecular flexibility index (Phi) is 4.54. The number of rotatable bonds is 4. The second kappa shape index (κ2) is 7.15. The zero-order valence-electron chi connectivity index (χ0n) is 15.5. The molecular formula is C21H20N2O4. The normalized spacial score (nSPS) is 15.1. The van der Waals surface area contributed by atoms with E-state index in [-0.39, 0.29) is 6.79 Å². The van der Waals surface area contributed by atoms with E-state index in [1.165, 1.54) is 0 Å². The van der Waals surface area contributed by atoms with Crippen LogP contribution < -0.4 is 18.9 Å². The lowest BCUT2D eigenvalue weighted by molar-refractivity contribution is 0.174. The maximum absolute atomic E-state index is 5.53. The van der Waals surface area contributed by atoms with Crippen molar-refractivity contribution in [1.29, 1.82) is 0 Å². The highest BCUT2D eigenvalue weighted by atomic mass is 16.7. The zero-order chi connectivity index (χ0) is 18.8. The highest BCUT2D eigenvalue weighted by Gasteiger charge is 2.21. The van der Waals surface area contributed by atoms with Gasteiger partial charge in [0, 0.05) is 17.7 Å². The van der Waals surface area contributed by atoms with E-state index in [1.54, 1.807) is 14.2 Å². The summed E-state index contributed by atoms with van der Waals surface area (Å²) in [6.07, 6.45) is 4.65. The second-order valence-electron chi connectivity index (χ2n) is 6.31. The zero-order valence-corrected chi connectivity index (χ0v) is 15.5. The third kappa shape index (κ3) is 3.38. The van der Waals surface area contributed by atoms with E-state index in [9.17, 15) is 0 Å². The van der Waals surface area contributed by atoms with Gasteiger partial charge in [-0.15, -0.1) is 0 Å². The van der Waals surface area contributed by atoms with Gasteiger partial charge in [-0.05, 0) is 48.4 Å². The number of hydrogen-bond acceptors (Lipinski definition) is 6. The summed E-state index contributed by atoms with van der Waals surface area (Å²) >= 11 is 0. The molecule has 0 unspecified atom stereocenters. The Morgan fingerprint density at radius 1 is 0.926 bits per heavy atom. The molecule has 0 aromatic heterocycles. The lowest BCUT2D eigenvalue weighted by atomic mass is 9.97. The minimum absolute atomic E-state index is 0.249. The van der Waals surface area contributed by atoms with E-state index in [0.717, 1.165) is 46.0 Å². The molecular weight excluding hydrogens is 344 g/mol. The van der Waals surface area contributed by atoms with Crippen molar-refractivity contribution in [3.05, 3.63) is 53.1 Å². The van der Waals surface area contributed by atoms with Crippen LogP contribution in [-0.2, 0) is 6.42 Å². The average molecular weight is 364 g/mol. The molecule has 2 aliphatic rings.